The summed E-state index contributed by atoms with van der Waals surface area (Å²) < 4.78 is 0. The molecule has 0 aromatic carbocycles. The first-order chi connectivity index (χ1) is 7.91. The molecule has 0 heterocycles. The lowest BCUT2D eigenvalue weighted by atomic mass is 10.1. The van der Waals surface area contributed by atoms with Crippen molar-refractivity contribution in [2.75, 3.05) is 5.33 Å². The summed E-state index contributed by atoms with van der Waals surface area (Å²) in [5.74, 6) is 0. The largest absolute Gasteiger partial charge is 0.344 e. The highest BCUT2D eigenvalue weighted by atomic mass is 79.9. The summed E-state index contributed by atoms with van der Waals surface area (Å²) in [6.07, 6.45) is 18.8. The van der Waals surface area contributed by atoms with Crippen molar-refractivity contribution < 1.29 is 0 Å². The van der Waals surface area contributed by atoms with Gasteiger partial charge >= 0.3 is 0 Å². The third-order valence-electron chi connectivity index (χ3n) is 3.24. The first kappa shape index (κ1) is 19.8. The van der Waals surface area contributed by atoms with Crippen molar-refractivity contribution in [1.82, 2.24) is 6.15 Å². The van der Waals surface area contributed by atoms with Crippen LogP contribution in [0.25, 0.3) is 0 Å². The third kappa shape index (κ3) is 19.0. The molecule has 0 rings (SSSR count). The van der Waals surface area contributed by atoms with Gasteiger partial charge in [-0.25, -0.2) is 0 Å². The van der Waals surface area contributed by atoms with Gasteiger partial charge in [-0.3, -0.25) is 0 Å². The highest BCUT2D eigenvalue weighted by molar-refractivity contribution is 9.09. The van der Waals surface area contributed by atoms with Crippen molar-refractivity contribution in [1.29, 1.82) is 0 Å². The second-order valence-electron chi connectivity index (χ2n) is 4.93. The summed E-state index contributed by atoms with van der Waals surface area (Å²) in [7, 11) is 0. The van der Waals surface area contributed by atoms with Crippen LogP contribution in [0.4, 0.5) is 0 Å². The Hall–Kier alpha value is 0.440. The predicted octanol–water partition coefficient (Wildman–Crippen LogP) is 6.63. The van der Waals surface area contributed by atoms with Crippen LogP contribution in [-0.2, 0) is 0 Å². The molecule has 0 aliphatic heterocycles. The fourth-order valence-electron chi connectivity index (χ4n) is 2.11. The topological polar surface area (TPSA) is 35.0 Å². The number of halogens is 1. The van der Waals surface area contributed by atoms with Crippen LogP contribution < -0.4 is 6.15 Å². The monoisotopic (exact) mass is 307 g/mol. The zero-order valence-corrected chi connectivity index (χ0v) is 13.6. The van der Waals surface area contributed by atoms with E-state index in [9.17, 15) is 0 Å². The minimum atomic E-state index is 0. The average molecular weight is 308 g/mol. The summed E-state index contributed by atoms with van der Waals surface area (Å²) in [4.78, 5) is 0. The van der Waals surface area contributed by atoms with E-state index in [4.69, 9.17) is 0 Å². The molecule has 0 spiro atoms. The molecular weight excluding hydrogens is 274 g/mol. The van der Waals surface area contributed by atoms with E-state index in [-0.39, 0.29) is 6.15 Å². The summed E-state index contributed by atoms with van der Waals surface area (Å²) in [5.41, 5.74) is 0. The van der Waals surface area contributed by atoms with E-state index in [1.807, 2.05) is 0 Å². The lowest BCUT2D eigenvalue weighted by Crippen LogP contribution is -1.83. The van der Waals surface area contributed by atoms with Gasteiger partial charge in [-0.15, -0.1) is 0 Å². The van der Waals surface area contributed by atoms with Gasteiger partial charge in [0.15, 0.2) is 0 Å². The molecular formula is C15H34BrN. The van der Waals surface area contributed by atoms with Crippen molar-refractivity contribution in [3.63, 3.8) is 0 Å². The normalized spacial score (nSPS) is 10.2. The van der Waals surface area contributed by atoms with Gasteiger partial charge in [0.1, 0.15) is 0 Å². The number of unbranched alkanes of at least 4 members (excludes halogenated alkanes) is 12. The van der Waals surface area contributed by atoms with Gasteiger partial charge in [-0.2, -0.15) is 0 Å². The van der Waals surface area contributed by atoms with Crippen LogP contribution in [0.15, 0.2) is 0 Å². The van der Waals surface area contributed by atoms with Crippen LogP contribution in [0.2, 0.25) is 0 Å². The molecule has 1 nitrogen and oxygen atoms in total. The first-order valence-electron chi connectivity index (χ1n) is 7.47. The molecule has 17 heavy (non-hydrogen) atoms. The molecule has 0 aromatic heterocycles. The molecule has 0 aliphatic rings. The van der Waals surface area contributed by atoms with Gasteiger partial charge in [0.05, 0.1) is 0 Å². The fourth-order valence-corrected chi connectivity index (χ4v) is 2.51. The molecule has 0 atom stereocenters. The van der Waals surface area contributed by atoms with Gasteiger partial charge in [0.25, 0.3) is 0 Å². The molecule has 2 heteroatoms. The molecule has 3 N–H and O–H groups in total. The zero-order valence-electron chi connectivity index (χ0n) is 12.0. The molecule has 0 radical (unpaired) electrons. The van der Waals surface area contributed by atoms with E-state index in [0.717, 1.165) is 0 Å². The van der Waals surface area contributed by atoms with Crippen molar-refractivity contribution in [2.24, 2.45) is 0 Å². The minimum absolute atomic E-state index is 0. The number of hydrogen-bond acceptors (Lipinski definition) is 1. The Bertz CT molecular complexity index is 103. The summed E-state index contributed by atoms with van der Waals surface area (Å²) in [6.45, 7) is 2.29. The second-order valence-corrected chi connectivity index (χ2v) is 5.72. The minimum Gasteiger partial charge on any atom is -0.344 e. The summed E-state index contributed by atoms with van der Waals surface area (Å²) >= 11 is 3.48. The highest BCUT2D eigenvalue weighted by Crippen LogP contribution is 2.12. The van der Waals surface area contributed by atoms with Crippen molar-refractivity contribution in [3.8, 4) is 0 Å². The highest BCUT2D eigenvalue weighted by Gasteiger charge is 1.92. The van der Waals surface area contributed by atoms with Crippen LogP contribution >= 0.6 is 15.9 Å². The Balaban J connectivity index is 0. The average Bonchev–Trinajstić information content (AvgIpc) is 2.31. The van der Waals surface area contributed by atoms with Gasteiger partial charge in [-0.1, -0.05) is 99.9 Å². The van der Waals surface area contributed by atoms with Gasteiger partial charge < -0.3 is 6.15 Å². The number of rotatable bonds is 13. The van der Waals surface area contributed by atoms with Gasteiger partial charge in [-0.05, 0) is 6.42 Å². The predicted molar refractivity (Wildman–Crippen MR) is 84.5 cm³/mol. The first-order valence-corrected chi connectivity index (χ1v) is 8.60. The Morgan fingerprint density at radius 2 is 0.824 bits per heavy atom. The van der Waals surface area contributed by atoms with Crippen molar-refractivity contribution in [3.05, 3.63) is 0 Å². The number of hydrogen-bond donors (Lipinski definition) is 1. The third-order valence-corrected chi connectivity index (χ3v) is 3.80. The molecule has 0 unspecified atom stereocenters. The Kier molecular flexibility index (Phi) is 21.9. The zero-order chi connectivity index (χ0) is 11.9. The SMILES string of the molecule is CCCCCCCCCCCCCCCBr.N. The second kappa shape index (κ2) is 18.8. The maximum Gasteiger partial charge on any atom is 0.00313 e. The molecule has 0 amide bonds. The van der Waals surface area contributed by atoms with E-state index < -0.39 is 0 Å². The molecule has 0 fully saturated rings. The molecule has 0 aliphatic carbocycles. The van der Waals surface area contributed by atoms with Gasteiger partial charge in [0, 0.05) is 5.33 Å². The Morgan fingerprint density at radius 3 is 1.12 bits per heavy atom. The van der Waals surface area contributed by atoms with Crippen LogP contribution in [0, 0.1) is 0 Å². The molecule has 0 saturated carbocycles. The van der Waals surface area contributed by atoms with E-state index in [1.54, 1.807) is 0 Å². The molecule has 106 valence electrons. The molecule has 0 saturated heterocycles. The maximum atomic E-state index is 3.48. The van der Waals surface area contributed by atoms with Crippen LogP contribution in [-0.4, -0.2) is 5.33 Å². The Morgan fingerprint density at radius 1 is 0.529 bits per heavy atom. The fraction of sp³-hybridized carbons (Fsp3) is 1.00. The van der Waals surface area contributed by atoms with Crippen LogP contribution in [0.3, 0.4) is 0 Å². The van der Waals surface area contributed by atoms with Gasteiger partial charge in [0.2, 0.25) is 0 Å². The summed E-state index contributed by atoms with van der Waals surface area (Å²) in [6, 6.07) is 0. The quantitative estimate of drug-likeness (QED) is 0.300. The lowest BCUT2D eigenvalue weighted by molar-refractivity contribution is 0.543. The smallest absolute Gasteiger partial charge is 0.00313 e. The molecule has 0 bridgehead atoms. The standard InChI is InChI=1S/C15H31Br.H3N/c1-2-3-4-5-6-7-8-9-10-11-12-13-14-15-16;/h2-15H2,1H3;1H3. The van der Waals surface area contributed by atoms with E-state index in [2.05, 4.69) is 22.9 Å². The van der Waals surface area contributed by atoms with Crippen LogP contribution in [0.1, 0.15) is 90.4 Å². The van der Waals surface area contributed by atoms with E-state index in [0.29, 0.717) is 0 Å². The van der Waals surface area contributed by atoms with Crippen molar-refractivity contribution in [2.45, 2.75) is 90.4 Å². The Labute approximate surface area is 118 Å². The molecule has 0 aromatic rings. The lowest BCUT2D eigenvalue weighted by Gasteiger charge is -2.02. The number of alkyl halides is 1. The van der Waals surface area contributed by atoms with E-state index in [1.165, 1.54) is 88.8 Å². The van der Waals surface area contributed by atoms with Crippen LogP contribution in [0.5, 0.6) is 0 Å². The summed E-state index contributed by atoms with van der Waals surface area (Å²) in [5, 5.41) is 1.19. The maximum absolute atomic E-state index is 3.48. The van der Waals surface area contributed by atoms with E-state index >= 15 is 0 Å². The van der Waals surface area contributed by atoms with Crippen molar-refractivity contribution >= 4 is 15.9 Å².